The largest absolute Gasteiger partial charge is 0.396 e. The Bertz CT molecular complexity index is 278. The highest BCUT2D eigenvalue weighted by molar-refractivity contribution is 5.79. The quantitative estimate of drug-likeness (QED) is 0.376. The number of aliphatic imine (C=N–C) groups is 1. The van der Waals surface area contributed by atoms with Crippen molar-refractivity contribution in [2.24, 2.45) is 10.4 Å². The summed E-state index contributed by atoms with van der Waals surface area (Å²) < 4.78 is 0. The number of aliphatic hydroxyl groups excluding tert-OH is 1. The average Bonchev–Trinajstić information content (AvgIpc) is 2.43. The fraction of sp³-hybridized carbons (Fsp3) is 0.800. The molecule has 3 N–H and O–H groups in total. The second-order valence-corrected chi connectivity index (χ2v) is 5.40. The average molecular weight is 267 g/mol. The minimum absolute atomic E-state index is 0.212. The van der Waals surface area contributed by atoms with E-state index in [0.29, 0.717) is 0 Å². The maximum absolute atomic E-state index is 9.30. The summed E-state index contributed by atoms with van der Waals surface area (Å²) in [7, 11) is 0. The van der Waals surface area contributed by atoms with E-state index in [4.69, 9.17) is 4.99 Å². The summed E-state index contributed by atoms with van der Waals surface area (Å²) in [6, 6.07) is 0. The summed E-state index contributed by atoms with van der Waals surface area (Å²) >= 11 is 0. The molecule has 0 aromatic carbocycles. The summed E-state index contributed by atoms with van der Waals surface area (Å²) in [5.74, 6) is 0.852. The van der Waals surface area contributed by atoms with Crippen LogP contribution in [0.15, 0.2) is 17.6 Å². The predicted octanol–water partition coefficient (Wildman–Crippen LogP) is 2.06. The second-order valence-electron chi connectivity index (χ2n) is 5.40. The molecule has 110 valence electrons. The van der Waals surface area contributed by atoms with Crippen LogP contribution in [0, 0.1) is 5.41 Å². The van der Waals surface area contributed by atoms with Gasteiger partial charge in [0.15, 0.2) is 5.96 Å². The standard InChI is InChI=1S/C15H29N3O/c1-3-11-17-14(16-4-2)18-13-15(10-12-19)8-6-5-7-9-15/h3,19H,1,4-13H2,2H3,(H2,16,17,18). The number of nitrogens with zero attached hydrogens (tertiary/aromatic N) is 1. The van der Waals surface area contributed by atoms with E-state index >= 15 is 0 Å². The number of aliphatic hydroxyl groups is 1. The minimum atomic E-state index is 0.212. The number of rotatable bonds is 7. The van der Waals surface area contributed by atoms with Crippen LogP contribution in [0.3, 0.4) is 0 Å². The normalized spacial score (nSPS) is 18.9. The van der Waals surface area contributed by atoms with Crippen LogP contribution in [-0.2, 0) is 0 Å². The highest BCUT2D eigenvalue weighted by Crippen LogP contribution is 2.39. The van der Waals surface area contributed by atoms with Crippen LogP contribution in [0.25, 0.3) is 0 Å². The first-order valence-electron chi connectivity index (χ1n) is 7.50. The van der Waals surface area contributed by atoms with Crippen LogP contribution >= 0.6 is 0 Å². The molecule has 1 fully saturated rings. The molecular weight excluding hydrogens is 238 g/mol. The lowest BCUT2D eigenvalue weighted by Gasteiger charge is -2.35. The topological polar surface area (TPSA) is 56.7 Å². The van der Waals surface area contributed by atoms with Crippen molar-refractivity contribution >= 4 is 5.96 Å². The Labute approximate surface area is 117 Å². The first-order valence-corrected chi connectivity index (χ1v) is 7.50. The third-order valence-electron chi connectivity index (χ3n) is 3.89. The van der Waals surface area contributed by atoms with Crippen molar-refractivity contribution in [3.8, 4) is 0 Å². The Kier molecular flexibility index (Phi) is 7.56. The SMILES string of the molecule is C=CCNC(=NCC1(CCO)CCCCC1)NCC. The van der Waals surface area contributed by atoms with Crippen LogP contribution in [0.4, 0.5) is 0 Å². The zero-order chi connectivity index (χ0) is 14.0. The zero-order valence-electron chi connectivity index (χ0n) is 12.2. The molecule has 4 nitrogen and oxygen atoms in total. The van der Waals surface area contributed by atoms with Crippen molar-refractivity contribution in [1.29, 1.82) is 0 Å². The smallest absolute Gasteiger partial charge is 0.191 e. The van der Waals surface area contributed by atoms with E-state index in [-0.39, 0.29) is 12.0 Å². The number of nitrogens with one attached hydrogen (secondary N) is 2. The first kappa shape index (κ1) is 16.0. The molecule has 0 radical (unpaired) electrons. The van der Waals surface area contributed by atoms with Crippen LogP contribution in [0.2, 0.25) is 0 Å². The lowest BCUT2D eigenvalue weighted by atomic mass is 9.72. The molecule has 4 heteroatoms. The van der Waals surface area contributed by atoms with Crippen LogP contribution in [-0.4, -0.2) is 37.3 Å². The van der Waals surface area contributed by atoms with Crippen molar-refractivity contribution in [3.63, 3.8) is 0 Å². The Morgan fingerprint density at radius 3 is 2.63 bits per heavy atom. The van der Waals surface area contributed by atoms with Gasteiger partial charge >= 0.3 is 0 Å². The molecule has 0 atom stereocenters. The Hall–Kier alpha value is -1.03. The summed E-state index contributed by atoms with van der Waals surface area (Å²) in [6.07, 6.45) is 8.95. The Balaban J connectivity index is 2.61. The van der Waals surface area contributed by atoms with Crippen LogP contribution < -0.4 is 10.6 Å². The molecule has 0 aromatic rings. The molecule has 1 aliphatic carbocycles. The van der Waals surface area contributed by atoms with Crippen molar-refractivity contribution in [1.82, 2.24) is 10.6 Å². The van der Waals surface area contributed by atoms with Gasteiger partial charge in [-0.1, -0.05) is 25.3 Å². The van der Waals surface area contributed by atoms with E-state index < -0.39 is 0 Å². The molecule has 0 saturated heterocycles. The fourth-order valence-electron chi connectivity index (χ4n) is 2.78. The Morgan fingerprint density at radius 2 is 2.05 bits per heavy atom. The second kappa shape index (κ2) is 8.97. The van der Waals surface area contributed by atoms with E-state index in [1.807, 2.05) is 6.08 Å². The molecule has 0 heterocycles. The molecule has 0 spiro atoms. The van der Waals surface area contributed by atoms with Gasteiger partial charge in [-0.25, -0.2) is 0 Å². The predicted molar refractivity (Wildman–Crippen MR) is 81.4 cm³/mol. The molecule has 0 aliphatic heterocycles. The fourth-order valence-corrected chi connectivity index (χ4v) is 2.78. The van der Waals surface area contributed by atoms with Gasteiger partial charge < -0.3 is 15.7 Å². The number of hydrogen-bond acceptors (Lipinski definition) is 2. The van der Waals surface area contributed by atoms with Crippen LogP contribution in [0.5, 0.6) is 0 Å². The van der Waals surface area contributed by atoms with Gasteiger partial charge in [0.1, 0.15) is 0 Å². The summed E-state index contributed by atoms with van der Waals surface area (Å²) in [6.45, 7) is 8.43. The Morgan fingerprint density at radius 1 is 1.32 bits per heavy atom. The molecule has 1 rings (SSSR count). The number of hydrogen-bond donors (Lipinski definition) is 3. The van der Waals surface area contributed by atoms with Gasteiger partial charge in [0.05, 0.1) is 0 Å². The van der Waals surface area contributed by atoms with Crippen molar-refractivity contribution in [3.05, 3.63) is 12.7 Å². The monoisotopic (exact) mass is 267 g/mol. The lowest BCUT2D eigenvalue weighted by molar-refractivity contribution is 0.137. The van der Waals surface area contributed by atoms with E-state index in [0.717, 1.165) is 32.0 Å². The molecule has 0 amide bonds. The van der Waals surface area contributed by atoms with Gasteiger partial charge in [0.2, 0.25) is 0 Å². The maximum Gasteiger partial charge on any atom is 0.191 e. The van der Waals surface area contributed by atoms with E-state index in [9.17, 15) is 5.11 Å². The maximum atomic E-state index is 9.30. The van der Waals surface area contributed by atoms with E-state index in [1.54, 1.807) is 0 Å². The zero-order valence-corrected chi connectivity index (χ0v) is 12.2. The van der Waals surface area contributed by atoms with Crippen LogP contribution in [0.1, 0.15) is 45.4 Å². The van der Waals surface area contributed by atoms with Crippen molar-refractivity contribution in [2.45, 2.75) is 45.4 Å². The van der Waals surface area contributed by atoms with E-state index in [1.165, 1.54) is 32.1 Å². The molecule has 19 heavy (non-hydrogen) atoms. The molecule has 0 aromatic heterocycles. The number of guanidine groups is 1. The minimum Gasteiger partial charge on any atom is -0.396 e. The summed E-state index contributed by atoms with van der Waals surface area (Å²) in [4.78, 5) is 4.70. The summed E-state index contributed by atoms with van der Waals surface area (Å²) in [5, 5.41) is 15.8. The van der Waals surface area contributed by atoms with Crippen molar-refractivity contribution < 1.29 is 5.11 Å². The van der Waals surface area contributed by atoms with E-state index in [2.05, 4.69) is 24.1 Å². The highest BCUT2D eigenvalue weighted by Gasteiger charge is 2.31. The van der Waals surface area contributed by atoms with Gasteiger partial charge in [-0.2, -0.15) is 0 Å². The molecule has 0 bridgehead atoms. The molecule has 0 unspecified atom stereocenters. The molecule has 1 aliphatic rings. The lowest BCUT2D eigenvalue weighted by Crippen LogP contribution is -2.39. The molecular formula is C15H29N3O. The van der Waals surface area contributed by atoms with Gasteiger partial charge in [-0.3, -0.25) is 4.99 Å². The van der Waals surface area contributed by atoms with Gasteiger partial charge in [-0.05, 0) is 31.6 Å². The van der Waals surface area contributed by atoms with Gasteiger partial charge in [0, 0.05) is 26.2 Å². The highest BCUT2D eigenvalue weighted by atomic mass is 16.3. The first-order chi connectivity index (χ1) is 9.26. The third kappa shape index (κ3) is 5.64. The van der Waals surface area contributed by atoms with Gasteiger partial charge in [0.25, 0.3) is 0 Å². The van der Waals surface area contributed by atoms with Crippen molar-refractivity contribution in [2.75, 3.05) is 26.2 Å². The molecule has 1 saturated carbocycles. The third-order valence-corrected chi connectivity index (χ3v) is 3.89. The van der Waals surface area contributed by atoms with Gasteiger partial charge in [-0.15, -0.1) is 6.58 Å². The summed E-state index contributed by atoms with van der Waals surface area (Å²) in [5.41, 5.74) is 0.212.